The molecule has 134 valence electrons. The molecule has 1 aromatic heterocycles. The van der Waals surface area contributed by atoms with Crippen molar-refractivity contribution in [3.8, 4) is 23.1 Å². The Balaban J connectivity index is 1.81. The van der Waals surface area contributed by atoms with Crippen molar-refractivity contribution in [2.75, 3.05) is 12.5 Å². The van der Waals surface area contributed by atoms with E-state index in [9.17, 15) is 15.4 Å². The first-order chi connectivity index (χ1) is 13.1. The summed E-state index contributed by atoms with van der Waals surface area (Å²) >= 11 is 1.24. The second-order valence-corrected chi connectivity index (χ2v) is 6.12. The van der Waals surface area contributed by atoms with Gasteiger partial charge in [-0.15, -0.1) is 11.3 Å². The van der Waals surface area contributed by atoms with Crippen LogP contribution in [0.4, 0.5) is 11.4 Å². The molecule has 1 heterocycles. The summed E-state index contributed by atoms with van der Waals surface area (Å²) in [4.78, 5) is 14.8. The van der Waals surface area contributed by atoms with Gasteiger partial charge in [0.15, 0.2) is 10.7 Å². The molecule has 0 atom stereocenters. The Labute approximate surface area is 158 Å². The highest BCUT2D eigenvalue weighted by Gasteiger charge is 2.13. The van der Waals surface area contributed by atoms with Crippen LogP contribution in [0.5, 0.6) is 5.75 Å². The number of benzene rings is 2. The van der Waals surface area contributed by atoms with Crippen LogP contribution in [-0.4, -0.2) is 22.7 Å². The van der Waals surface area contributed by atoms with Gasteiger partial charge >= 0.3 is 0 Å². The molecule has 0 amide bonds. The molecule has 3 rings (SSSR count). The highest BCUT2D eigenvalue weighted by atomic mass is 32.1. The molecule has 0 saturated heterocycles. The summed E-state index contributed by atoms with van der Waals surface area (Å²) in [5, 5.41) is 26.5. The maximum atomic E-state index is 10.9. The lowest BCUT2D eigenvalue weighted by Crippen LogP contribution is -2.01. The van der Waals surface area contributed by atoms with Crippen LogP contribution in [-0.2, 0) is 0 Å². The normalized spacial score (nSPS) is 10.9. The number of nitrogens with zero attached hydrogens (tertiary/aromatic N) is 4. The number of thiazole rings is 1. The van der Waals surface area contributed by atoms with E-state index in [0.29, 0.717) is 27.7 Å². The Kier molecular flexibility index (Phi) is 5.39. The van der Waals surface area contributed by atoms with Crippen LogP contribution in [0.25, 0.3) is 11.3 Å². The van der Waals surface area contributed by atoms with Gasteiger partial charge in [0.05, 0.1) is 23.4 Å². The van der Waals surface area contributed by atoms with Crippen molar-refractivity contribution in [2.45, 2.75) is 0 Å². The number of nitrogens with one attached hydrogen (secondary N) is 1. The number of nitriles is 1. The van der Waals surface area contributed by atoms with Crippen molar-refractivity contribution in [1.29, 1.82) is 5.26 Å². The molecule has 3 aromatic rings. The van der Waals surface area contributed by atoms with Crippen LogP contribution in [0, 0.1) is 21.4 Å². The van der Waals surface area contributed by atoms with Gasteiger partial charge < -0.3 is 4.74 Å². The fourth-order valence-corrected chi connectivity index (χ4v) is 2.97. The molecule has 0 aliphatic rings. The predicted octanol–water partition coefficient (Wildman–Crippen LogP) is 4.07. The van der Waals surface area contributed by atoms with Crippen molar-refractivity contribution in [2.24, 2.45) is 5.10 Å². The van der Waals surface area contributed by atoms with Crippen LogP contribution < -0.4 is 10.2 Å². The number of nitro groups is 1. The summed E-state index contributed by atoms with van der Waals surface area (Å²) < 4.78 is 5.09. The fraction of sp³-hybridized carbons (Fsp3) is 0.0556. The highest BCUT2D eigenvalue weighted by molar-refractivity contribution is 7.12. The van der Waals surface area contributed by atoms with E-state index in [0.717, 1.165) is 0 Å². The molecule has 8 nitrogen and oxygen atoms in total. The molecule has 0 saturated carbocycles. The lowest BCUT2D eigenvalue weighted by Gasteiger charge is -2.02. The lowest BCUT2D eigenvalue weighted by molar-refractivity contribution is -0.384. The van der Waals surface area contributed by atoms with E-state index in [4.69, 9.17) is 4.74 Å². The second kappa shape index (κ2) is 8.07. The molecule has 0 bridgehead atoms. The van der Waals surface area contributed by atoms with Gasteiger partial charge in [-0.1, -0.05) is 12.1 Å². The van der Waals surface area contributed by atoms with Gasteiger partial charge in [-0.25, -0.2) is 4.98 Å². The van der Waals surface area contributed by atoms with Crippen LogP contribution in [0.1, 0.15) is 5.01 Å². The lowest BCUT2D eigenvalue weighted by atomic mass is 10.1. The van der Waals surface area contributed by atoms with Gasteiger partial charge in [-0.05, 0) is 24.3 Å². The predicted molar refractivity (Wildman–Crippen MR) is 103 cm³/mol. The number of hydrazone groups is 1. The smallest absolute Gasteiger partial charge is 0.270 e. The minimum absolute atomic E-state index is 0.0163. The first kappa shape index (κ1) is 18.0. The number of aromatic nitrogens is 1. The molecule has 0 fully saturated rings. The molecular weight excluding hydrogens is 366 g/mol. The van der Waals surface area contributed by atoms with E-state index in [2.05, 4.69) is 15.5 Å². The third-order valence-corrected chi connectivity index (χ3v) is 4.40. The molecule has 2 aromatic carbocycles. The Morgan fingerprint density at radius 3 is 2.78 bits per heavy atom. The summed E-state index contributed by atoms with van der Waals surface area (Å²) in [5.41, 5.74) is 4.75. The van der Waals surface area contributed by atoms with Crippen LogP contribution in [0.15, 0.2) is 59.0 Å². The van der Waals surface area contributed by atoms with Gasteiger partial charge in [0.2, 0.25) is 0 Å². The summed E-state index contributed by atoms with van der Waals surface area (Å²) in [6.07, 6.45) is 0. The summed E-state index contributed by atoms with van der Waals surface area (Å²) in [6, 6.07) is 15.3. The number of hydrogen-bond acceptors (Lipinski definition) is 8. The average Bonchev–Trinajstić information content (AvgIpc) is 3.19. The van der Waals surface area contributed by atoms with E-state index in [-0.39, 0.29) is 11.4 Å². The first-order valence-electron chi connectivity index (χ1n) is 7.69. The van der Waals surface area contributed by atoms with Gasteiger partial charge in [-0.3, -0.25) is 15.5 Å². The van der Waals surface area contributed by atoms with E-state index >= 15 is 0 Å². The molecule has 9 heteroatoms. The van der Waals surface area contributed by atoms with E-state index < -0.39 is 4.92 Å². The molecule has 1 N–H and O–H groups in total. The number of nitro benzene ring substituents is 1. The summed E-state index contributed by atoms with van der Waals surface area (Å²) in [7, 11) is 1.58. The molecule has 0 unspecified atom stereocenters. The van der Waals surface area contributed by atoms with Gasteiger partial charge in [0.25, 0.3) is 5.69 Å². The zero-order valence-corrected chi connectivity index (χ0v) is 14.9. The minimum atomic E-state index is -0.461. The Morgan fingerprint density at radius 2 is 2.11 bits per heavy atom. The number of non-ortho nitro benzene ring substituents is 1. The maximum Gasteiger partial charge on any atom is 0.270 e. The van der Waals surface area contributed by atoms with Gasteiger partial charge in [0.1, 0.15) is 11.8 Å². The largest absolute Gasteiger partial charge is 0.497 e. The van der Waals surface area contributed by atoms with Crippen LogP contribution in [0.3, 0.4) is 0 Å². The zero-order valence-electron chi connectivity index (χ0n) is 14.1. The number of ether oxygens (including phenoxy) is 1. The second-order valence-electron chi connectivity index (χ2n) is 5.26. The number of methoxy groups -OCH3 is 1. The number of anilines is 1. The first-order valence-corrected chi connectivity index (χ1v) is 8.57. The Hall–Kier alpha value is -3.77. The third kappa shape index (κ3) is 4.26. The quantitative estimate of drug-likeness (QED) is 0.392. The van der Waals surface area contributed by atoms with Gasteiger partial charge in [0, 0.05) is 23.1 Å². The van der Waals surface area contributed by atoms with Crippen molar-refractivity contribution in [3.63, 3.8) is 0 Å². The van der Waals surface area contributed by atoms with E-state index in [1.165, 1.54) is 23.5 Å². The molecule has 0 aliphatic heterocycles. The fourth-order valence-electron chi connectivity index (χ4n) is 2.20. The standard InChI is InChI=1S/C18H13N5O3S/c1-26-15-7-5-13(6-8-15)21-22-16(10-19)18-20-17(11-27-18)12-3-2-4-14(9-12)23(24)25/h2-9,11,21H,1H3/b22-16+. The molecular formula is C18H13N5O3S. The molecule has 0 radical (unpaired) electrons. The Morgan fingerprint density at radius 1 is 1.33 bits per heavy atom. The number of rotatable bonds is 6. The number of hydrogen-bond donors (Lipinski definition) is 1. The maximum absolute atomic E-state index is 10.9. The topological polar surface area (TPSA) is 113 Å². The van der Waals surface area contributed by atoms with Crippen molar-refractivity contribution in [1.82, 2.24) is 4.98 Å². The van der Waals surface area contributed by atoms with Crippen LogP contribution >= 0.6 is 11.3 Å². The summed E-state index contributed by atoms with van der Waals surface area (Å²) in [6.45, 7) is 0. The Bertz CT molecular complexity index is 1040. The summed E-state index contributed by atoms with van der Waals surface area (Å²) in [5.74, 6) is 0.714. The van der Waals surface area contributed by atoms with Gasteiger partial charge in [-0.2, -0.15) is 10.4 Å². The van der Waals surface area contributed by atoms with E-state index in [1.807, 2.05) is 6.07 Å². The van der Waals surface area contributed by atoms with Crippen LogP contribution in [0.2, 0.25) is 0 Å². The molecule has 0 spiro atoms. The molecule has 0 aliphatic carbocycles. The monoisotopic (exact) mass is 379 g/mol. The van der Waals surface area contributed by atoms with E-state index in [1.54, 1.807) is 48.9 Å². The van der Waals surface area contributed by atoms with Crippen molar-refractivity contribution in [3.05, 3.63) is 69.0 Å². The SMILES string of the molecule is COc1ccc(N/N=C(\C#N)c2nc(-c3cccc([N+](=O)[O-])c3)cs2)cc1. The molecule has 27 heavy (non-hydrogen) atoms. The highest BCUT2D eigenvalue weighted by Crippen LogP contribution is 2.25. The van der Waals surface area contributed by atoms with Crippen molar-refractivity contribution >= 4 is 28.4 Å². The zero-order chi connectivity index (χ0) is 19.2. The average molecular weight is 379 g/mol. The van der Waals surface area contributed by atoms with Crippen molar-refractivity contribution < 1.29 is 9.66 Å². The minimum Gasteiger partial charge on any atom is -0.497 e. The third-order valence-electron chi connectivity index (χ3n) is 3.55.